The molecule has 2 aromatic rings. The van der Waals surface area contributed by atoms with Gasteiger partial charge in [0.1, 0.15) is 5.82 Å². The summed E-state index contributed by atoms with van der Waals surface area (Å²) in [7, 11) is 0. The SMILES string of the molecule is Cl.N[C@@H]1CN(Cc2ccc(F)cc2Br)C[C@H]1c1ccccc1. The first-order chi connectivity index (χ1) is 10.1. The summed E-state index contributed by atoms with van der Waals surface area (Å²) in [5.41, 5.74) is 8.70. The van der Waals surface area contributed by atoms with Gasteiger partial charge < -0.3 is 5.73 Å². The second kappa shape index (κ2) is 7.55. The minimum Gasteiger partial charge on any atom is -0.326 e. The van der Waals surface area contributed by atoms with Crippen LogP contribution in [0, 0.1) is 5.82 Å². The molecule has 1 saturated heterocycles. The van der Waals surface area contributed by atoms with Crippen LogP contribution in [0.1, 0.15) is 17.0 Å². The Labute approximate surface area is 145 Å². The van der Waals surface area contributed by atoms with Crippen molar-refractivity contribution in [3.8, 4) is 0 Å². The van der Waals surface area contributed by atoms with Crippen LogP contribution in [0.5, 0.6) is 0 Å². The molecule has 0 aromatic heterocycles. The molecule has 1 aliphatic heterocycles. The molecule has 0 spiro atoms. The van der Waals surface area contributed by atoms with E-state index in [2.05, 4.69) is 45.1 Å². The van der Waals surface area contributed by atoms with Crippen LogP contribution in [0.25, 0.3) is 0 Å². The average Bonchev–Trinajstić information content (AvgIpc) is 2.84. The normalized spacial score (nSPS) is 21.6. The molecule has 118 valence electrons. The first-order valence-corrected chi connectivity index (χ1v) is 7.89. The second-order valence-corrected chi connectivity index (χ2v) is 6.47. The Morgan fingerprint density at radius 1 is 1.14 bits per heavy atom. The van der Waals surface area contributed by atoms with Crippen molar-refractivity contribution >= 4 is 28.3 Å². The minimum absolute atomic E-state index is 0. The fraction of sp³-hybridized carbons (Fsp3) is 0.294. The lowest BCUT2D eigenvalue weighted by molar-refractivity contribution is 0.323. The van der Waals surface area contributed by atoms with Crippen molar-refractivity contribution in [1.82, 2.24) is 4.90 Å². The van der Waals surface area contributed by atoms with Crippen LogP contribution in [0.3, 0.4) is 0 Å². The first kappa shape index (κ1) is 17.4. The molecule has 0 aliphatic carbocycles. The van der Waals surface area contributed by atoms with E-state index in [9.17, 15) is 4.39 Å². The zero-order chi connectivity index (χ0) is 14.8. The third-order valence-electron chi connectivity index (χ3n) is 4.08. The monoisotopic (exact) mass is 384 g/mol. The van der Waals surface area contributed by atoms with Gasteiger partial charge in [-0.05, 0) is 23.3 Å². The molecule has 1 heterocycles. The van der Waals surface area contributed by atoms with E-state index < -0.39 is 0 Å². The molecule has 2 nitrogen and oxygen atoms in total. The lowest BCUT2D eigenvalue weighted by atomic mass is 9.95. The summed E-state index contributed by atoms with van der Waals surface area (Å²) in [6.45, 7) is 2.59. The summed E-state index contributed by atoms with van der Waals surface area (Å²) in [5.74, 6) is 0.149. The lowest BCUT2D eigenvalue weighted by Crippen LogP contribution is -2.28. The highest BCUT2D eigenvalue weighted by Gasteiger charge is 2.31. The van der Waals surface area contributed by atoms with E-state index >= 15 is 0 Å². The summed E-state index contributed by atoms with van der Waals surface area (Å²) in [5, 5.41) is 0. The van der Waals surface area contributed by atoms with Crippen LogP contribution in [-0.2, 0) is 6.54 Å². The summed E-state index contributed by atoms with van der Waals surface area (Å²) in [4.78, 5) is 2.33. The summed E-state index contributed by atoms with van der Waals surface area (Å²) in [6.07, 6.45) is 0. The van der Waals surface area contributed by atoms with Gasteiger partial charge in [0.25, 0.3) is 0 Å². The van der Waals surface area contributed by atoms with Crippen LogP contribution in [0.15, 0.2) is 53.0 Å². The van der Waals surface area contributed by atoms with Crippen molar-refractivity contribution < 1.29 is 4.39 Å². The van der Waals surface area contributed by atoms with E-state index in [0.29, 0.717) is 5.92 Å². The van der Waals surface area contributed by atoms with Crippen LogP contribution in [-0.4, -0.2) is 24.0 Å². The predicted molar refractivity (Wildman–Crippen MR) is 93.8 cm³/mol. The zero-order valence-electron chi connectivity index (χ0n) is 12.1. The zero-order valence-corrected chi connectivity index (χ0v) is 14.5. The van der Waals surface area contributed by atoms with Crippen molar-refractivity contribution in [2.24, 2.45) is 5.73 Å². The molecule has 3 rings (SSSR count). The molecule has 0 saturated carbocycles. The predicted octanol–water partition coefficient (Wildman–Crippen LogP) is 3.94. The van der Waals surface area contributed by atoms with E-state index in [1.165, 1.54) is 17.7 Å². The average molecular weight is 386 g/mol. The van der Waals surface area contributed by atoms with Gasteiger partial charge in [-0.2, -0.15) is 0 Å². The number of hydrogen-bond donors (Lipinski definition) is 1. The van der Waals surface area contributed by atoms with Gasteiger partial charge in [-0.1, -0.05) is 52.3 Å². The van der Waals surface area contributed by atoms with E-state index in [4.69, 9.17) is 5.73 Å². The lowest BCUT2D eigenvalue weighted by Gasteiger charge is -2.17. The Morgan fingerprint density at radius 3 is 2.55 bits per heavy atom. The van der Waals surface area contributed by atoms with E-state index in [0.717, 1.165) is 29.7 Å². The molecule has 22 heavy (non-hydrogen) atoms. The molecule has 1 fully saturated rings. The van der Waals surface area contributed by atoms with Crippen molar-refractivity contribution in [2.75, 3.05) is 13.1 Å². The van der Waals surface area contributed by atoms with Gasteiger partial charge in [-0.3, -0.25) is 4.90 Å². The molecule has 2 N–H and O–H groups in total. The van der Waals surface area contributed by atoms with E-state index in [1.807, 2.05) is 12.1 Å². The van der Waals surface area contributed by atoms with Gasteiger partial charge in [0.05, 0.1) is 0 Å². The number of halogens is 3. The molecule has 0 amide bonds. The van der Waals surface area contributed by atoms with E-state index in [1.54, 1.807) is 0 Å². The molecule has 1 aliphatic rings. The van der Waals surface area contributed by atoms with Crippen LogP contribution < -0.4 is 5.73 Å². The summed E-state index contributed by atoms with van der Waals surface area (Å²) in [6, 6.07) is 15.4. The van der Waals surface area contributed by atoms with E-state index in [-0.39, 0.29) is 24.3 Å². The maximum atomic E-state index is 13.1. The molecule has 0 radical (unpaired) electrons. The Hall–Kier alpha value is -0.940. The van der Waals surface area contributed by atoms with Gasteiger partial charge >= 0.3 is 0 Å². The number of nitrogens with two attached hydrogens (primary N) is 1. The number of nitrogens with zero attached hydrogens (tertiary/aromatic N) is 1. The Balaban J connectivity index is 0.00000176. The van der Waals surface area contributed by atoms with Gasteiger partial charge in [0, 0.05) is 36.1 Å². The summed E-state index contributed by atoms with van der Waals surface area (Å²) < 4.78 is 14.0. The largest absolute Gasteiger partial charge is 0.326 e. The quantitative estimate of drug-likeness (QED) is 0.867. The van der Waals surface area contributed by atoms with Crippen molar-refractivity contribution in [1.29, 1.82) is 0 Å². The fourth-order valence-corrected chi connectivity index (χ4v) is 3.46. The molecular weight excluding hydrogens is 367 g/mol. The van der Waals surface area contributed by atoms with Crippen LogP contribution in [0.4, 0.5) is 4.39 Å². The smallest absolute Gasteiger partial charge is 0.124 e. The highest BCUT2D eigenvalue weighted by atomic mass is 79.9. The molecular formula is C17H19BrClFN2. The number of hydrogen-bond acceptors (Lipinski definition) is 2. The number of benzene rings is 2. The van der Waals surface area contributed by atoms with Crippen LogP contribution >= 0.6 is 28.3 Å². The third-order valence-corrected chi connectivity index (χ3v) is 4.82. The van der Waals surface area contributed by atoms with Gasteiger partial charge in [-0.15, -0.1) is 12.4 Å². The van der Waals surface area contributed by atoms with Crippen molar-refractivity contribution in [3.05, 3.63) is 69.9 Å². The highest BCUT2D eigenvalue weighted by Crippen LogP contribution is 2.28. The topological polar surface area (TPSA) is 29.3 Å². The molecule has 0 bridgehead atoms. The molecule has 2 atom stereocenters. The molecule has 5 heteroatoms. The van der Waals surface area contributed by atoms with Crippen LogP contribution in [0.2, 0.25) is 0 Å². The number of likely N-dealkylation sites (tertiary alicyclic amines) is 1. The van der Waals surface area contributed by atoms with Crippen molar-refractivity contribution in [3.63, 3.8) is 0 Å². The third kappa shape index (κ3) is 3.87. The molecule has 0 unspecified atom stereocenters. The summed E-state index contributed by atoms with van der Waals surface area (Å²) >= 11 is 3.43. The minimum atomic E-state index is -0.217. The fourth-order valence-electron chi connectivity index (χ4n) is 2.99. The van der Waals surface area contributed by atoms with Gasteiger partial charge in [0.15, 0.2) is 0 Å². The Morgan fingerprint density at radius 2 is 1.86 bits per heavy atom. The molecule has 2 aromatic carbocycles. The standard InChI is InChI=1S/C17H18BrFN2.ClH/c18-16-8-14(19)7-6-13(16)9-21-10-15(17(20)11-21)12-4-2-1-3-5-12;/h1-8,15,17H,9-11,20H2;1H/t15-,17+;/m0./s1. The van der Waals surface area contributed by atoms with Gasteiger partial charge in [-0.25, -0.2) is 4.39 Å². The van der Waals surface area contributed by atoms with Gasteiger partial charge in [0.2, 0.25) is 0 Å². The Bertz CT molecular complexity index is 623. The maximum Gasteiger partial charge on any atom is 0.124 e. The highest BCUT2D eigenvalue weighted by molar-refractivity contribution is 9.10. The second-order valence-electron chi connectivity index (χ2n) is 5.61. The maximum absolute atomic E-state index is 13.1. The Kier molecular flexibility index (Phi) is 5.98. The number of rotatable bonds is 3. The van der Waals surface area contributed by atoms with Crippen molar-refractivity contribution in [2.45, 2.75) is 18.5 Å². The first-order valence-electron chi connectivity index (χ1n) is 7.10.